The smallest absolute Gasteiger partial charge is 0.303 e. The zero-order valence-corrected chi connectivity index (χ0v) is 18.4. The predicted molar refractivity (Wildman–Crippen MR) is 119 cm³/mol. The Morgan fingerprint density at radius 1 is 0.862 bits per heavy atom. The van der Waals surface area contributed by atoms with E-state index in [0.29, 0.717) is 6.61 Å². The van der Waals surface area contributed by atoms with Gasteiger partial charge in [-0.3, -0.25) is 4.79 Å². The molecule has 0 spiro atoms. The van der Waals surface area contributed by atoms with E-state index in [2.05, 4.69) is 12.1 Å². The normalized spacial score (nSPS) is 13.3. The van der Waals surface area contributed by atoms with Crippen LogP contribution in [0, 0.1) is 0 Å². The lowest BCUT2D eigenvalue weighted by molar-refractivity contribution is -0.137. The fraction of sp³-hybridized carbons (Fsp3) is 0.720. The van der Waals surface area contributed by atoms with E-state index in [4.69, 9.17) is 9.84 Å². The Bertz CT molecular complexity index is 503. The molecule has 2 N–H and O–H groups in total. The molecule has 0 aliphatic heterocycles. The second-order valence-corrected chi connectivity index (χ2v) is 8.17. The minimum absolute atomic E-state index is 0.113. The lowest BCUT2D eigenvalue weighted by Crippen LogP contribution is -2.13. The summed E-state index contributed by atoms with van der Waals surface area (Å²) in [4.78, 5) is 10.7. The summed E-state index contributed by atoms with van der Waals surface area (Å²) in [5, 5.41) is 18.4. The van der Waals surface area contributed by atoms with Gasteiger partial charge in [-0.25, -0.2) is 0 Å². The van der Waals surface area contributed by atoms with Gasteiger partial charge in [-0.05, 0) is 37.7 Å². The van der Waals surface area contributed by atoms with Gasteiger partial charge in [-0.15, -0.1) is 0 Å². The summed E-state index contributed by atoms with van der Waals surface area (Å²) < 4.78 is 6.16. The van der Waals surface area contributed by atoms with E-state index in [1.54, 1.807) is 0 Å². The summed E-state index contributed by atoms with van der Waals surface area (Å²) in [7, 11) is 0. The zero-order valence-electron chi connectivity index (χ0n) is 18.4. The van der Waals surface area contributed by atoms with Crippen LogP contribution < -0.4 is 0 Å². The van der Waals surface area contributed by atoms with E-state index < -0.39 is 5.97 Å². The molecule has 0 aliphatic carbocycles. The SMILES string of the molecule is CCC(O)CCCCCCCCCC(CCCCC(=O)O)OCc1ccccc1. The third-order valence-corrected chi connectivity index (χ3v) is 5.53. The average molecular weight is 407 g/mol. The first-order chi connectivity index (χ1) is 14.1. The van der Waals surface area contributed by atoms with Crippen molar-refractivity contribution in [2.75, 3.05) is 0 Å². The number of aliphatic carboxylic acids is 1. The molecule has 4 nitrogen and oxygen atoms in total. The summed E-state index contributed by atoms with van der Waals surface area (Å²) >= 11 is 0. The third-order valence-electron chi connectivity index (χ3n) is 5.53. The maximum Gasteiger partial charge on any atom is 0.303 e. The van der Waals surface area contributed by atoms with Crippen molar-refractivity contribution in [1.82, 2.24) is 0 Å². The van der Waals surface area contributed by atoms with Gasteiger partial charge >= 0.3 is 5.97 Å². The monoisotopic (exact) mass is 406 g/mol. The zero-order chi connectivity index (χ0) is 21.2. The molecule has 4 heteroatoms. The van der Waals surface area contributed by atoms with Gasteiger partial charge < -0.3 is 14.9 Å². The van der Waals surface area contributed by atoms with Gasteiger partial charge in [0.2, 0.25) is 0 Å². The molecule has 29 heavy (non-hydrogen) atoms. The quantitative estimate of drug-likeness (QED) is 0.257. The molecule has 2 unspecified atom stereocenters. The van der Waals surface area contributed by atoms with Crippen LogP contribution in [0.5, 0.6) is 0 Å². The van der Waals surface area contributed by atoms with Crippen LogP contribution >= 0.6 is 0 Å². The van der Waals surface area contributed by atoms with E-state index in [1.165, 1.54) is 44.1 Å². The van der Waals surface area contributed by atoms with Crippen LogP contribution in [-0.2, 0) is 16.1 Å². The highest BCUT2D eigenvalue weighted by Gasteiger charge is 2.10. The van der Waals surface area contributed by atoms with E-state index in [-0.39, 0.29) is 18.6 Å². The Morgan fingerprint density at radius 3 is 2.00 bits per heavy atom. The highest BCUT2D eigenvalue weighted by Crippen LogP contribution is 2.18. The molecule has 2 atom stereocenters. The molecule has 0 aliphatic rings. The van der Waals surface area contributed by atoms with Crippen LogP contribution in [0.2, 0.25) is 0 Å². The van der Waals surface area contributed by atoms with E-state index in [9.17, 15) is 9.90 Å². The standard InChI is InChI=1S/C25H42O4/c1-2-23(26)17-11-6-4-3-5-7-12-18-24(19-13-14-20-25(27)28)29-21-22-15-9-8-10-16-22/h8-10,15-16,23-24,26H,2-7,11-14,17-21H2,1H3,(H,27,28). The molecular weight excluding hydrogens is 364 g/mol. The molecular formula is C25H42O4. The van der Waals surface area contributed by atoms with Crippen LogP contribution in [0.1, 0.15) is 102 Å². The topological polar surface area (TPSA) is 66.8 Å². The average Bonchev–Trinajstić information content (AvgIpc) is 2.73. The van der Waals surface area contributed by atoms with Gasteiger partial charge in [-0.2, -0.15) is 0 Å². The molecule has 0 fully saturated rings. The molecule has 0 saturated carbocycles. The molecule has 0 bridgehead atoms. The fourth-order valence-corrected chi connectivity index (χ4v) is 3.59. The first-order valence-electron chi connectivity index (χ1n) is 11.7. The molecule has 0 aromatic heterocycles. The molecule has 0 saturated heterocycles. The van der Waals surface area contributed by atoms with Crippen LogP contribution in [0.25, 0.3) is 0 Å². The Hall–Kier alpha value is -1.39. The van der Waals surface area contributed by atoms with E-state index in [0.717, 1.165) is 44.9 Å². The summed E-state index contributed by atoms with van der Waals surface area (Å²) in [5.74, 6) is -0.712. The minimum atomic E-state index is -0.712. The van der Waals surface area contributed by atoms with Crippen molar-refractivity contribution in [2.24, 2.45) is 0 Å². The fourth-order valence-electron chi connectivity index (χ4n) is 3.59. The lowest BCUT2D eigenvalue weighted by Gasteiger charge is -2.18. The van der Waals surface area contributed by atoms with Gasteiger partial charge in [0.05, 0.1) is 18.8 Å². The van der Waals surface area contributed by atoms with Crippen molar-refractivity contribution in [3.63, 3.8) is 0 Å². The van der Waals surface area contributed by atoms with E-state index >= 15 is 0 Å². The van der Waals surface area contributed by atoms with Crippen LogP contribution in [0.4, 0.5) is 0 Å². The Balaban J connectivity index is 2.16. The van der Waals surface area contributed by atoms with Crippen molar-refractivity contribution in [3.05, 3.63) is 35.9 Å². The second-order valence-electron chi connectivity index (χ2n) is 8.17. The van der Waals surface area contributed by atoms with Crippen molar-refractivity contribution >= 4 is 5.97 Å². The van der Waals surface area contributed by atoms with Gasteiger partial charge in [0.1, 0.15) is 0 Å². The summed E-state index contributed by atoms with van der Waals surface area (Å²) in [6, 6.07) is 10.2. The Kier molecular flexibility index (Phi) is 15.4. The molecule has 0 heterocycles. The van der Waals surface area contributed by atoms with Gasteiger partial charge in [0, 0.05) is 6.42 Å². The maximum atomic E-state index is 10.7. The number of carboxylic acid groups (broad SMARTS) is 1. The number of hydrogen-bond acceptors (Lipinski definition) is 3. The van der Waals surface area contributed by atoms with Crippen molar-refractivity contribution < 1.29 is 19.7 Å². The molecule has 1 aromatic carbocycles. The summed E-state index contributed by atoms with van der Waals surface area (Å²) in [6.07, 6.45) is 14.4. The molecule has 0 amide bonds. The maximum absolute atomic E-state index is 10.7. The number of carboxylic acids is 1. The summed E-state index contributed by atoms with van der Waals surface area (Å²) in [5.41, 5.74) is 1.19. The number of hydrogen-bond donors (Lipinski definition) is 2. The lowest BCUT2D eigenvalue weighted by atomic mass is 10.0. The van der Waals surface area contributed by atoms with Gasteiger partial charge in [0.25, 0.3) is 0 Å². The van der Waals surface area contributed by atoms with Gasteiger partial charge in [0.15, 0.2) is 0 Å². The second kappa shape index (κ2) is 17.5. The predicted octanol–water partition coefficient (Wildman–Crippen LogP) is 6.50. The van der Waals surface area contributed by atoms with E-state index in [1.807, 2.05) is 25.1 Å². The number of carbonyl (C=O) groups is 1. The van der Waals surface area contributed by atoms with Gasteiger partial charge in [-0.1, -0.05) is 88.6 Å². The number of benzene rings is 1. The number of ether oxygens (including phenoxy) is 1. The molecule has 0 radical (unpaired) electrons. The van der Waals surface area contributed by atoms with Crippen LogP contribution in [-0.4, -0.2) is 28.4 Å². The highest BCUT2D eigenvalue weighted by molar-refractivity contribution is 5.66. The summed E-state index contributed by atoms with van der Waals surface area (Å²) in [6.45, 7) is 2.67. The molecule has 166 valence electrons. The Morgan fingerprint density at radius 2 is 1.41 bits per heavy atom. The Labute approximate surface area is 177 Å². The minimum Gasteiger partial charge on any atom is -0.481 e. The van der Waals surface area contributed by atoms with Crippen LogP contribution in [0.3, 0.4) is 0 Å². The number of rotatable bonds is 19. The van der Waals surface area contributed by atoms with Crippen molar-refractivity contribution in [2.45, 2.75) is 116 Å². The first-order valence-corrected chi connectivity index (χ1v) is 11.7. The number of aliphatic hydroxyl groups is 1. The number of aliphatic hydroxyl groups excluding tert-OH is 1. The highest BCUT2D eigenvalue weighted by atomic mass is 16.5. The van der Waals surface area contributed by atoms with Crippen molar-refractivity contribution in [1.29, 1.82) is 0 Å². The largest absolute Gasteiger partial charge is 0.481 e. The third kappa shape index (κ3) is 15.2. The molecule has 1 rings (SSSR count). The van der Waals surface area contributed by atoms with Crippen LogP contribution in [0.15, 0.2) is 30.3 Å². The number of unbranched alkanes of at least 4 members (excludes halogenated alkanes) is 7. The van der Waals surface area contributed by atoms with Crippen molar-refractivity contribution in [3.8, 4) is 0 Å². The molecule has 1 aromatic rings. The first kappa shape index (κ1) is 25.6.